The van der Waals surface area contributed by atoms with Crippen molar-refractivity contribution in [2.24, 2.45) is 5.92 Å². The second kappa shape index (κ2) is 14.9. The standard InChI is InChI=1S/C23H16N2/c1-5-6-7-8-9-10-11-12-13-14-15-16-17-18-19-25(4)23(21-24)20-22(2)3/h19,22-23H,1,20H2,2-4H3. The maximum atomic E-state index is 9.12. The molecule has 118 valence electrons. The van der Waals surface area contributed by atoms with E-state index in [1.807, 2.05) is 7.05 Å². The van der Waals surface area contributed by atoms with Gasteiger partial charge < -0.3 is 4.90 Å². The van der Waals surface area contributed by atoms with Gasteiger partial charge in [-0.2, -0.15) is 5.26 Å². The van der Waals surface area contributed by atoms with E-state index >= 15 is 0 Å². The fourth-order valence-electron chi connectivity index (χ4n) is 1.37. The van der Waals surface area contributed by atoms with Crippen LogP contribution in [0.15, 0.2) is 93.0 Å². The van der Waals surface area contributed by atoms with Gasteiger partial charge in [-0.25, -0.2) is 0 Å². The Kier molecular flexibility index (Phi) is 12.5. The van der Waals surface area contributed by atoms with E-state index in [4.69, 9.17) is 5.26 Å². The van der Waals surface area contributed by atoms with Crippen LogP contribution >= 0.6 is 0 Å². The molecule has 0 saturated carbocycles. The first-order valence-corrected chi connectivity index (χ1v) is 7.34. The van der Waals surface area contributed by atoms with Gasteiger partial charge in [0.15, 0.2) is 0 Å². The second-order valence-electron chi connectivity index (χ2n) is 4.89. The SMILES string of the molecule is C=C=C=C=C=C=C=C=C=C=C=C=C=C=C=CN(C)C(C#N)CC(C)C. The van der Waals surface area contributed by atoms with Crippen LogP contribution in [0.4, 0.5) is 0 Å². The van der Waals surface area contributed by atoms with Crippen molar-refractivity contribution in [2.45, 2.75) is 26.3 Å². The molecule has 0 aromatic rings. The Morgan fingerprint density at radius 2 is 1.28 bits per heavy atom. The summed E-state index contributed by atoms with van der Waals surface area (Å²) >= 11 is 0. The summed E-state index contributed by atoms with van der Waals surface area (Å²) in [6, 6.07) is 2.07. The molecule has 1 unspecified atom stereocenters. The minimum absolute atomic E-state index is 0.186. The second-order valence-corrected chi connectivity index (χ2v) is 4.89. The summed E-state index contributed by atoms with van der Waals surface area (Å²) in [4.78, 5) is 1.79. The highest BCUT2D eigenvalue weighted by Crippen LogP contribution is 2.09. The van der Waals surface area contributed by atoms with Crippen molar-refractivity contribution in [2.75, 3.05) is 7.05 Å². The van der Waals surface area contributed by atoms with Gasteiger partial charge in [0.05, 0.1) is 12.3 Å². The zero-order valence-electron chi connectivity index (χ0n) is 14.5. The first-order chi connectivity index (χ1) is 12.1. The highest BCUT2D eigenvalue weighted by Gasteiger charge is 2.11. The summed E-state index contributed by atoms with van der Waals surface area (Å²) in [5, 5.41) is 9.12. The summed E-state index contributed by atoms with van der Waals surface area (Å²) in [5.41, 5.74) is 35.5. The molecule has 0 rings (SSSR count). The van der Waals surface area contributed by atoms with Crippen LogP contribution in [0.2, 0.25) is 0 Å². The van der Waals surface area contributed by atoms with Crippen LogP contribution in [0.5, 0.6) is 0 Å². The molecule has 0 heterocycles. The van der Waals surface area contributed by atoms with Crippen molar-refractivity contribution in [1.82, 2.24) is 4.90 Å². The molecule has 2 nitrogen and oxygen atoms in total. The molecule has 0 fully saturated rings. The van der Waals surface area contributed by atoms with Crippen LogP contribution in [-0.2, 0) is 0 Å². The Hall–Kier alpha value is -4.05. The predicted molar refractivity (Wildman–Crippen MR) is 96.0 cm³/mol. The topological polar surface area (TPSA) is 27.0 Å². The van der Waals surface area contributed by atoms with Crippen molar-refractivity contribution >= 4 is 0 Å². The molecule has 0 radical (unpaired) electrons. The van der Waals surface area contributed by atoms with Gasteiger partial charge in [-0.05, 0) is 93.4 Å². The third kappa shape index (κ3) is 13.3. The lowest BCUT2D eigenvalue weighted by molar-refractivity contribution is 0.340. The van der Waals surface area contributed by atoms with Gasteiger partial charge in [-0.1, -0.05) is 19.6 Å². The van der Waals surface area contributed by atoms with Gasteiger partial charge in [-0.15, -0.1) is 0 Å². The lowest BCUT2D eigenvalue weighted by Crippen LogP contribution is -2.26. The Labute approximate surface area is 149 Å². The van der Waals surface area contributed by atoms with Gasteiger partial charge >= 0.3 is 0 Å². The van der Waals surface area contributed by atoms with Crippen molar-refractivity contribution in [3.05, 3.63) is 93.0 Å². The Morgan fingerprint density at radius 1 is 0.840 bits per heavy atom. The highest BCUT2D eigenvalue weighted by molar-refractivity contribution is 4.97. The maximum Gasteiger partial charge on any atom is 0.116 e. The van der Waals surface area contributed by atoms with Crippen molar-refractivity contribution in [3.8, 4) is 6.07 Å². The van der Waals surface area contributed by atoms with E-state index in [1.165, 1.54) is 0 Å². The molecule has 0 bridgehead atoms. The van der Waals surface area contributed by atoms with E-state index in [9.17, 15) is 0 Å². The number of hydrogen-bond donors (Lipinski definition) is 0. The van der Waals surface area contributed by atoms with Gasteiger partial charge in [0.1, 0.15) is 6.04 Å². The van der Waals surface area contributed by atoms with E-state index in [2.05, 4.69) is 107 Å². The monoisotopic (exact) mass is 320 g/mol. The van der Waals surface area contributed by atoms with Crippen molar-refractivity contribution in [3.63, 3.8) is 0 Å². The Balaban J connectivity index is 5.43. The summed E-state index contributed by atoms with van der Waals surface area (Å²) in [6.07, 6.45) is 2.44. The van der Waals surface area contributed by atoms with E-state index < -0.39 is 0 Å². The number of rotatable bonds is 4. The number of nitrogens with zero attached hydrogens (tertiary/aromatic N) is 2. The summed E-state index contributed by atoms with van der Waals surface area (Å²) in [7, 11) is 1.82. The van der Waals surface area contributed by atoms with Crippen molar-refractivity contribution < 1.29 is 0 Å². The number of hydrogen-bond acceptors (Lipinski definition) is 2. The Bertz CT molecular complexity index is 1040. The summed E-state index contributed by atoms with van der Waals surface area (Å²) < 4.78 is 0. The van der Waals surface area contributed by atoms with E-state index in [0.29, 0.717) is 5.92 Å². The summed E-state index contributed by atoms with van der Waals surface area (Å²) in [6.45, 7) is 7.47. The van der Waals surface area contributed by atoms with Gasteiger partial charge in [0.2, 0.25) is 0 Å². The van der Waals surface area contributed by atoms with Crippen LogP contribution in [0.25, 0.3) is 0 Å². The van der Waals surface area contributed by atoms with E-state index in [0.717, 1.165) is 6.42 Å². The molecule has 0 saturated heterocycles. The minimum atomic E-state index is -0.186. The maximum absolute atomic E-state index is 9.12. The smallest absolute Gasteiger partial charge is 0.116 e. The van der Waals surface area contributed by atoms with Gasteiger partial charge in [0.25, 0.3) is 0 Å². The molecule has 0 aliphatic rings. The molecule has 0 amide bonds. The van der Waals surface area contributed by atoms with Crippen LogP contribution in [0, 0.1) is 17.2 Å². The van der Waals surface area contributed by atoms with Crippen LogP contribution in [0.3, 0.4) is 0 Å². The fourth-order valence-corrected chi connectivity index (χ4v) is 1.37. The average molecular weight is 320 g/mol. The highest BCUT2D eigenvalue weighted by atomic mass is 15.1. The third-order valence-electron chi connectivity index (χ3n) is 2.45. The van der Waals surface area contributed by atoms with Crippen LogP contribution in [0.1, 0.15) is 20.3 Å². The zero-order valence-corrected chi connectivity index (χ0v) is 14.5. The molecule has 0 aliphatic heterocycles. The lowest BCUT2D eigenvalue weighted by Gasteiger charge is -2.20. The average Bonchev–Trinajstić information content (AvgIpc) is 2.59. The van der Waals surface area contributed by atoms with E-state index in [-0.39, 0.29) is 6.04 Å². The Morgan fingerprint density at radius 3 is 1.68 bits per heavy atom. The molecule has 0 aliphatic carbocycles. The van der Waals surface area contributed by atoms with Crippen LogP contribution in [-0.4, -0.2) is 18.0 Å². The molecule has 0 N–H and O–H groups in total. The van der Waals surface area contributed by atoms with Gasteiger partial charge in [-0.3, -0.25) is 0 Å². The molecular weight excluding hydrogens is 304 g/mol. The molecule has 0 spiro atoms. The molecule has 1 atom stereocenters. The zero-order chi connectivity index (χ0) is 18.8. The molecule has 0 aromatic heterocycles. The van der Waals surface area contributed by atoms with Crippen molar-refractivity contribution in [1.29, 1.82) is 5.26 Å². The van der Waals surface area contributed by atoms with Gasteiger partial charge in [0, 0.05) is 7.05 Å². The molecule has 2 heteroatoms. The van der Waals surface area contributed by atoms with E-state index in [1.54, 1.807) is 11.1 Å². The number of nitriles is 1. The lowest BCUT2D eigenvalue weighted by atomic mass is 10.0. The predicted octanol–water partition coefficient (Wildman–Crippen LogP) is 4.17. The minimum Gasteiger partial charge on any atom is -0.358 e. The third-order valence-corrected chi connectivity index (χ3v) is 2.45. The molecule has 25 heavy (non-hydrogen) atoms. The molecular formula is C23H16N2. The largest absolute Gasteiger partial charge is 0.358 e. The fraction of sp³-hybridized carbons (Fsp3) is 0.261. The normalized spacial score (nSPS) is 7.64. The summed E-state index contributed by atoms with van der Waals surface area (Å²) in [5.74, 6) is 0.448. The van der Waals surface area contributed by atoms with Crippen LogP contribution < -0.4 is 0 Å². The molecule has 0 aromatic carbocycles. The first kappa shape index (κ1) is 20.9. The quantitative estimate of drug-likeness (QED) is 0.727. The first-order valence-electron chi connectivity index (χ1n) is 7.34.